The van der Waals surface area contributed by atoms with Gasteiger partial charge < -0.3 is 0 Å². The molecule has 0 N–H and O–H groups in total. The average Bonchev–Trinajstić information content (AvgIpc) is 2.42. The van der Waals surface area contributed by atoms with Crippen LogP contribution in [-0.2, 0) is 6.42 Å². The minimum Gasteiger partial charge on any atom is -0.258 e. The molecule has 0 saturated carbocycles. The average molecular weight is 420 g/mol. The van der Waals surface area contributed by atoms with E-state index in [9.17, 15) is 10.1 Å². The summed E-state index contributed by atoms with van der Waals surface area (Å²) in [5.74, 6) is 0. The Hall–Kier alpha value is -0.910. The van der Waals surface area contributed by atoms with Crippen molar-refractivity contribution in [3.8, 4) is 0 Å². The fraction of sp³-hybridized carbons (Fsp3) is 0.143. The zero-order chi connectivity index (χ0) is 14.7. The second-order valence-electron chi connectivity index (χ2n) is 4.20. The van der Waals surface area contributed by atoms with Crippen molar-refractivity contribution >= 4 is 49.1 Å². The maximum Gasteiger partial charge on any atom is 0.272 e. The fourth-order valence-corrected chi connectivity index (χ4v) is 3.43. The molecule has 0 spiro atoms. The molecule has 0 heterocycles. The lowest BCUT2D eigenvalue weighted by Crippen LogP contribution is -2.00. The van der Waals surface area contributed by atoms with Crippen molar-refractivity contribution in [1.29, 1.82) is 0 Å². The van der Waals surface area contributed by atoms with Gasteiger partial charge in [0.05, 0.1) is 9.95 Å². The highest BCUT2D eigenvalue weighted by Gasteiger charge is 2.19. The molecule has 0 radical (unpaired) electrons. The molecule has 0 fully saturated rings. The van der Waals surface area contributed by atoms with E-state index >= 15 is 0 Å². The number of halogens is 3. The Balaban J connectivity index is 2.30. The minimum absolute atomic E-state index is 0.0893. The Kier molecular flexibility index (Phi) is 5.18. The summed E-state index contributed by atoms with van der Waals surface area (Å²) in [5.41, 5.74) is 1.71. The van der Waals surface area contributed by atoms with Gasteiger partial charge in [-0.1, -0.05) is 57.9 Å². The van der Waals surface area contributed by atoms with Crippen molar-refractivity contribution in [1.82, 2.24) is 0 Å². The number of hydrogen-bond acceptors (Lipinski definition) is 2. The van der Waals surface area contributed by atoms with E-state index in [2.05, 4.69) is 31.9 Å². The summed E-state index contributed by atoms with van der Waals surface area (Å²) in [6.45, 7) is 0. The van der Waals surface area contributed by atoms with Crippen molar-refractivity contribution in [3.63, 3.8) is 0 Å². The largest absolute Gasteiger partial charge is 0.272 e. The zero-order valence-corrected chi connectivity index (χ0v) is 14.2. The Morgan fingerprint density at radius 1 is 1.20 bits per heavy atom. The van der Waals surface area contributed by atoms with Gasteiger partial charge in [-0.25, -0.2) is 0 Å². The molecule has 6 heteroatoms. The summed E-state index contributed by atoms with van der Waals surface area (Å²) in [4.78, 5) is 10.6. The van der Waals surface area contributed by atoms with Crippen LogP contribution in [0.1, 0.15) is 16.0 Å². The molecule has 3 nitrogen and oxygen atoms in total. The van der Waals surface area contributed by atoms with Crippen LogP contribution in [0.4, 0.5) is 5.69 Å². The van der Waals surface area contributed by atoms with E-state index in [4.69, 9.17) is 11.6 Å². The first kappa shape index (κ1) is 15.5. The second-order valence-corrected chi connectivity index (χ2v) is 6.54. The van der Waals surface area contributed by atoms with E-state index in [-0.39, 0.29) is 15.4 Å². The molecular weight excluding hydrogens is 409 g/mol. The Morgan fingerprint density at radius 3 is 2.60 bits per heavy atom. The molecule has 2 aromatic rings. The van der Waals surface area contributed by atoms with Gasteiger partial charge in [-0.2, -0.15) is 0 Å². The number of nitro groups is 1. The molecule has 0 aliphatic carbocycles. The van der Waals surface area contributed by atoms with E-state index < -0.39 is 0 Å². The van der Waals surface area contributed by atoms with E-state index in [1.165, 1.54) is 6.07 Å². The van der Waals surface area contributed by atoms with E-state index in [0.29, 0.717) is 17.0 Å². The maximum atomic E-state index is 11.0. The van der Waals surface area contributed by atoms with Crippen LogP contribution in [0.3, 0.4) is 0 Å². The van der Waals surface area contributed by atoms with Crippen LogP contribution in [0.15, 0.2) is 46.9 Å². The van der Waals surface area contributed by atoms with Gasteiger partial charge in [0, 0.05) is 20.9 Å². The Bertz CT molecular complexity index is 649. The van der Waals surface area contributed by atoms with Crippen LogP contribution >= 0.6 is 43.5 Å². The molecule has 0 saturated heterocycles. The lowest BCUT2D eigenvalue weighted by molar-refractivity contribution is -0.385. The van der Waals surface area contributed by atoms with Crippen LogP contribution in [0.5, 0.6) is 0 Å². The van der Waals surface area contributed by atoms with Crippen LogP contribution in [0.25, 0.3) is 0 Å². The third-order valence-electron chi connectivity index (χ3n) is 2.91. The highest BCUT2D eigenvalue weighted by atomic mass is 79.9. The molecule has 2 aromatic carbocycles. The number of rotatable bonds is 4. The topological polar surface area (TPSA) is 43.1 Å². The van der Waals surface area contributed by atoms with Gasteiger partial charge in [0.2, 0.25) is 0 Å². The van der Waals surface area contributed by atoms with E-state index in [0.717, 1.165) is 10.0 Å². The summed E-state index contributed by atoms with van der Waals surface area (Å²) in [5, 5.41) is 11.6. The summed E-state index contributed by atoms with van der Waals surface area (Å²) in [6, 6.07) is 12.4. The normalized spacial score (nSPS) is 12.2. The highest BCUT2D eigenvalue weighted by molar-refractivity contribution is 9.10. The first-order chi connectivity index (χ1) is 9.50. The SMILES string of the molecule is O=[N+]([O-])c1ccccc1CC(Br)c1cccc(Br)c1Cl. The summed E-state index contributed by atoms with van der Waals surface area (Å²) >= 11 is 13.2. The van der Waals surface area contributed by atoms with Gasteiger partial charge in [-0.15, -0.1) is 0 Å². The van der Waals surface area contributed by atoms with Gasteiger partial charge >= 0.3 is 0 Å². The van der Waals surface area contributed by atoms with Gasteiger partial charge in [0.15, 0.2) is 0 Å². The summed E-state index contributed by atoms with van der Waals surface area (Å²) < 4.78 is 0.809. The van der Waals surface area contributed by atoms with Crippen LogP contribution in [0, 0.1) is 10.1 Å². The number of alkyl halides is 1. The first-order valence-electron chi connectivity index (χ1n) is 5.81. The van der Waals surface area contributed by atoms with E-state index in [1.54, 1.807) is 18.2 Å². The van der Waals surface area contributed by atoms with Crippen molar-refractivity contribution < 1.29 is 4.92 Å². The third-order valence-corrected chi connectivity index (χ3v) is 5.03. The predicted molar refractivity (Wildman–Crippen MR) is 87.6 cm³/mol. The molecule has 0 aromatic heterocycles. The van der Waals surface area contributed by atoms with Crippen molar-refractivity contribution in [2.45, 2.75) is 11.2 Å². The third kappa shape index (κ3) is 3.40. The lowest BCUT2D eigenvalue weighted by Gasteiger charge is -2.13. The number of nitrogens with zero attached hydrogens (tertiary/aromatic N) is 1. The van der Waals surface area contributed by atoms with E-state index in [1.807, 2.05) is 18.2 Å². The quantitative estimate of drug-likeness (QED) is 0.363. The standard InChI is InChI=1S/C14H10Br2ClNO2/c15-11-6-3-5-10(14(11)17)12(16)8-9-4-1-2-7-13(9)18(19)20/h1-7,12H,8H2. The van der Waals surface area contributed by atoms with Gasteiger partial charge in [0.1, 0.15) is 0 Å². The summed E-state index contributed by atoms with van der Waals surface area (Å²) in [7, 11) is 0. The Morgan fingerprint density at radius 2 is 1.90 bits per heavy atom. The monoisotopic (exact) mass is 417 g/mol. The maximum absolute atomic E-state index is 11.0. The second kappa shape index (κ2) is 6.70. The zero-order valence-electron chi connectivity index (χ0n) is 10.2. The van der Waals surface area contributed by atoms with Crippen molar-refractivity contribution in [2.24, 2.45) is 0 Å². The molecule has 0 aliphatic heterocycles. The number of nitro benzene ring substituents is 1. The predicted octanol–water partition coefficient (Wildman–Crippen LogP) is 5.69. The fourth-order valence-electron chi connectivity index (χ4n) is 1.93. The highest BCUT2D eigenvalue weighted by Crippen LogP contribution is 2.37. The lowest BCUT2D eigenvalue weighted by atomic mass is 10.0. The minimum atomic E-state index is -0.364. The van der Waals surface area contributed by atoms with Crippen LogP contribution in [-0.4, -0.2) is 4.92 Å². The number of hydrogen-bond donors (Lipinski definition) is 0. The molecule has 104 valence electrons. The van der Waals surface area contributed by atoms with Gasteiger partial charge in [0.25, 0.3) is 5.69 Å². The van der Waals surface area contributed by atoms with Crippen molar-refractivity contribution in [2.75, 3.05) is 0 Å². The molecule has 1 unspecified atom stereocenters. The van der Waals surface area contributed by atoms with Crippen molar-refractivity contribution in [3.05, 3.63) is 73.2 Å². The first-order valence-corrected chi connectivity index (χ1v) is 7.89. The molecule has 0 amide bonds. The van der Waals surface area contributed by atoms with Gasteiger partial charge in [-0.05, 0) is 34.0 Å². The molecule has 0 aliphatic rings. The number of para-hydroxylation sites is 1. The Labute approximate surface area is 138 Å². The molecule has 0 bridgehead atoms. The van der Waals surface area contributed by atoms with Crippen LogP contribution < -0.4 is 0 Å². The van der Waals surface area contributed by atoms with Gasteiger partial charge in [-0.3, -0.25) is 10.1 Å². The van der Waals surface area contributed by atoms with Crippen LogP contribution in [0.2, 0.25) is 5.02 Å². The number of benzene rings is 2. The summed E-state index contributed by atoms with van der Waals surface area (Å²) in [6.07, 6.45) is 0.493. The molecular formula is C14H10Br2ClNO2. The smallest absolute Gasteiger partial charge is 0.258 e. The molecule has 2 rings (SSSR count). The molecule has 1 atom stereocenters. The molecule has 20 heavy (non-hydrogen) atoms.